The van der Waals surface area contributed by atoms with Gasteiger partial charge in [0.25, 0.3) is 0 Å². The smallest absolute Gasteiger partial charge is 0.228 e. The summed E-state index contributed by atoms with van der Waals surface area (Å²) in [5.41, 5.74) is 5.54. The van der Waals surface area contributed by atoms with Crippen LogP contribution in [0.4, 0.5) is 5.82 Å². The Hall–Kier alpha value is -1.70. The number of amides is 2. The molecule has 2 rings (SSSR count). The van der Waals surface area contributed by atoms with Crippen LogP contribution in [0.1, 0.15) is 19.3 Å². The third-order valence-electron chi connectivity index (χ3n) is 4.20. The average molecular weight is 355 g/mol. The number of halogens is 1. The molecule has 0 radical (unpaired) electrons. The van der Waals surface area contributed by atoms with E-state index in [0.717, 1.165) is 0 Å². The lowest BCUT2D eigenvalue weighted by atomic mass is 9.95. The molecule has 2 heterocycles. The monoisotopic (exact) mass is 354 g/mol. The first kappa shape index (κ1) is 18.6. The Bertz CT molecular complexity index is 555. The van der Waals surface area contributed by atoms with Gasteiger partial charge in [-0.05, 0) is 25.0 Å². The predicted octanol–water partition coefficient (Wildman–Crippen LogP) is 1.28. The van der Waals surface area contributed by atoms with E-state index in [0.29, 0.717) is 43.3 Å². The summed E-state index contributed by atoms with van der Waals surface area (Å²) >= 11 is 5.77. The number of aromatic nitrogens is 1. The van der Waals surface area contributed by atoms with Crippen LogP contribution in [0, 0.1) is 5.92 Å². The molecule has 8 heteroatoms. The zero-order valence-corrected chi connectivity index (χ0v) is 14.5. The van der Waals surface area contributed by atoms with Gasteiger partial charge in [0.2, 0.25) is 11.8 Å². The molecule has 1 aliphatic rings. The SMILES string of the molecule is COC(CN)CC(=O)N1CCC(C(=O)Nc2ccc(Cl)cn2)CC1. The molecule has 1 aromatic heterocycles. The van der Waals surface area contributed by atoms with E-state index < -0.39 is 0 Å². The van der Waals surface area contributed by atoms with Crippen LogP contribution in [0.15, 0.2) is 18.3 Å². The zero-order chi connectivity index (χ0) is 17.5. The van der Waals surface area contributed by atoms with Crippen LogP contribution in [0.5, 0.6) is 0 Å². The number of nitrogens with zero attached hydrogens (tertiary/aromatic N) is 2. The Morgan fingerprint density at radius 3 is 2.71 bits per heavy atom. The summed E-state index contributed by atoms with van der Waals surface area (Å²) in [6.07, 6.45) is 2.77. The second-order valence-electron chi connectivity index (χ2n) is 5.80. The first-order valence-corrected chi connectivity index (χ1v) is 8.34. The predicted molar refractivity (Wildman–Crippen MR) is 91.6 cm³/mol. The van der Waals surface area contributed by atoms with Crippen molar-refractivity contribution in [3.63, 3.8) is 0 Å². The van der Waals surface area contributed by atoms with E-state index in [9.17, 15) is 9.59 Å². The van der Waals surface area contributed by atoms with E-state index in [1.165, 1.54) is 6.20 Å². The lowest BCUT2D eigenvalue weighted by Crippen LogP contribution is -2.43. The van der Waals surface area contributed by atoms with Crippen LogP contribution in [0.25, 0.3) is 0 Å². The maximum Gasteiger partial charge on any atom is 0.228 e. The van der Waals surface area contributed by atoms with Gasteiger partial charge in [0.1, 0.15) is 5.82 Å². The fraction of sp³-hybridized carbons (Fsp3) is 0.562. The van der Waals surface area contributed by atoms with Crippen molar-refractivity contribution in [3.8, 4) is 0 Å². The Kier molecular flexibility index (Phi) is 6.96. The van der Waals surface area contributed by atoms with E-state index in [4.69, 9.17) is 22.1 Å². The minimum atomic E-state index is -0.255. The Balaban J connectivity index is 1.80. The summed E-state index contributed by atoms with van der Waals surface area (Å²) in [6.45, 7) is 1.44. The number of anilines is 1. The van der Waals surface area contributed by atoms with Gasteiger partial charge in [0.15, 0.2) is 0 Å². The van der Waals surface area contributed by atoms with Gasteiger partial charge in [-0.2, -0.15) is 0 Å². The molecule has 0 aliphatic carbocycles. The highest BCUT2D eigenvalue weighted by Gasteiger charge is 2.28. The molecule has 1 aromatic rings. The van der Waals surface area contributed by atoms with Crippen molar-refractivity contribution in [1.82, 2.24) is 9.88 Å². The number of piperidine rings is 1. The van der Waals surface area contributed by atoms with Gasteiger partial charge >= 0.3 is 0 Å². The minimum Gasteiger partial charge on any atom is -0.380 e. The van der Waals surface area contributed by atoms with Crippen LogP contribution < -0.4 is 11.1 Å². The first-order valence-electron chi connectivity index (χ1n) is 7.96. The molecule has 2 amide bonds. The summed E-state index contributed by atoms with van der Waals surface area (Å²) < 4.78 is 5.14. The van der Waals surface area contributed by atoms with Crippen molar-refractivity contribution in [1.29, 1.82) is 0 Å². The minimum absolute atomic E-state index is 0.0190. The van der Waals surface area contributed by atoms with Gasteiger partial charge in [0, 0.05) is 38.9 Å². The lowest BCUT2D eigenvalue weighted by molar-refractivity contribution is -0.136. The number of pyridine rings is 1. The number of nitrogens with one attached hydrogen (secondary N) is 1. The number of carbonyl (C=O) groups excluding carboxylic acids is 2. The summed E-state index contributed by atoms with van der Waals surface area (Å²) in [7, 11) is 1.55. The van der Waals surface area contributed by atoms with Crippen molar-refractivity contribution in [3.05, 3.63) is 23.4 Å². The standard InChI is InChI=1S/C16H23ClN4O3/c1-24-13(9-18)8-15(22)21-6-4-11(5-7-21)16(23)20-14-3-2-12(17)10-19-14/h2-3,10-11,13H,4-9,18H2,1H3,(H,19,20,23). The molecule has 1 atom stereocenters. The Morgan fingerprint density at radius 1 is 1.46 bits per heavy atom. The number of hydrogen-bond donors (Lipinski definition) is 2. The van der Waals surface area contributed by atoms with Gasteiger partial charge in [-0.15, -0.1) is 0 Å². The van der Waals surface area contributed by atoms with Crippen LogP contribution in [-0.4, -0.2) is 54.5 Å². The second kappa shape index (κ2) is 8.96. The number of nitrogens with two attached hydrogens (primary N) is 1. The fourth-order valence-electron chi connectivity index (χ4n) is 2.66. The molecule has 7 nitrogen and oxygen atoms in total. The van der Waals surface area contributed by atoms with Crippen LogP contribution >= 0.6 is 11.6 Å². The third kappa shape index (κ3) is 5.15. The molecule has 132 valence electrons. The van der Waals surface area contributed by atoms with Gasteiger partial charge in [-0.3, -0.25) is 9.59 Å². The molecular formula is C16H23ClN4O3. The van der Waals surface area contributed by atoms with Crippen molar-refractivity contribution in [2.45, 2.75) is 25.4 Å². The van der Waals surface area contributed by atoms with Crippen molar-refractivity contribution >= 4 is 29.2 Å². The van der Waals surface area contributed by atoms with Gasteiger partial charge in [-0.1, -0.05) is 11.6 Å². The van der Waals surface area contributed by atoms with Gasteiger partial charge in [-0.25, -0.2) is 4.98 Å². The number of methoxy groups -OCH3 is 1. The maximum atomic E-state index is 12.3. The number of rotatable bonds is 6. The number of likely N-dealkylation sites (tertiary alicyclic amines) is 1. The first-order chi connectivity index (χ1) is 11.5. The second-order valence-corrected chi connectivity index (χ2v) is 6.24. The molecule has 0 saturated carbocycles. The maximum absolute atomic E-state index is 12.3. The summed E-state index contributed by atoms with van der Waals surface area (Å²) in [6, 6.07) is 3.34. The third-order valence-corrected chi connectivity index (χ3v) is 4.42. The molecule has 1 fully saturated rings. The van der Waals surface area contributed by atoms with Gasteiger partial charge < -0.3 is 20.7 Å². The van der Waals surface area contributed by atoms with Crippen LogP contribution in [0.3, 0.4) is 0 Å². The molecule has 24 heavy (non-hydrogen) atoms. The summed E-state index contributed by atoms with van der Waals surface area (Å²) in [5, 5.41) is 3.30. The van der Waals surface area contributed by atoms with E-state index in [-0.39, 0.29) is 30.3 Å². The van der Waals surface area contributed by atoms with E-state index in [1.54, 1.807) is 24.1 Å². The average Bonchev–Trinajstić information content (AvgIpc) is 2.61. The van der Waals surface area contributed by atoms with Crippen molar-refractivity contribution < 1.29 is 14.3 Å². The molecule has 1 saturated heterocycles. The van der Waals surface area contributed by atoms with Crippen LogP contribution in [-0.2, 0) is 14.3 Å². The molecule has 1 aliphatic heterocycles. The molecule has 0 spiro atoms. The van der Waals surface area contributed by atoms with Gasteiger partial charge in [0.05, 0.1) is 17.5 Å². The number of hydrogen-bond acceptors (Lipinski definition) is 5. The van der Waals surface area contributed by atoms with Crippen LogP contribution in [0.2, 0.25) is 5.02 Å². The molecular weight excluding hydrogens is 332 g/mol. The van der Waals surface area contributed by atoms with E-state index >= 15 is 0 Å². The fourth-order valence-corrected chi connectivity index (χ4v) is 2.77. The highest BCUT2D eigenvalue weighted by Crippen LogP contribution is 2.20. The lowest BCUT2D eigenvalue weighted by Gasteiger charge is -2.32. The number of ether oxygens (including phenoxy) is 1. The molecule has 0 aromatic carbocycles. The Morgan fingerprint density at radius 2 is 2.17 bits per heavy atom. The largest absolute Gasteiger partial charge is 0.380 e. The molecule has 3 N–H and O–H groups in total. The summed E-state index contributed by atoms with van der Waals surface area (Å²) in [5.74, 6) is 0.298. The molecule has 1 unspecified atom stereocenters. The number of carbonyl (C=O) groups is 2. The zero-order valence-electron chi connectivity index (χ0n) is 13.7. The van der Waals surface area contributed by atoms with Crippen molar-refractivity contribution in [2.75, 3.05) is 32.1 Å². The topological polar surface area (TPSA) is 97.5 Å². The molecule has 0 bridgehead atoms. The van der Waals surface area contributed by atoms with E-state index in [1.807, 2.05) is 0 Å². The highest BCUT2D eigenvalue weighted by molar-refractivity contribution is 6.30. The highest BCUT2D eigenvalue weighted by atomic mass is 35.5. The van der Waals surface area contributed by atoms with E-state index in [2.05, 4.69) is 10.3 Å². The quantitative estimate of drug-likeness (QED) is 0.801. The normalized spacial score (nSPS) is 16.7. The Labute approximate surface area is 146 Å². The van der Waals surface area contributed by atoms with Crippen molar-refractivity contribution in [2.24, 2.45) is 11.7 Å². The summed E-state index contributed by atoms with van der Waals surface area (Å²) in [4.78, 5) is 30.3.